The van der Waals surface area contributed by atoms with Gasteiger partial charge in [-0.1, -0.05) is 12.5 Å². The van der Waals surface area contributed by atoms with E-state index in [1.54, 1.807) is 0 Å². The van der Waals surface area contributed by atoms with Gasteiger partial charge in [0.15, 0.2) is 5.79 Å². The second-order valence-corrected chi connectivity index (χ2v) is 8.19. The van der Waals surface area contributed by atoms with Gasteiger partial charge in [0.25, 0.3) is 0 Å². The first kappa shape index (κ1) is 16.7. The highest BCUT2D eigenvalue weighted by atomic mass is 31.2. The van der Waals surface area contributed by atoms with Crippen molar-refractivity contribution in [1.29, 1.82) is 0 Å². The van der Waals surface area contributed by atoms with E-state index in [0.717, 1.165) is 43.8 Å². The fraction of sp³-hybridized carbons (Fsp3) is 0.875. The first-order valence-electron chi connectivity index (χ1n) is 8.51. The summed E-state index contributed by atoms with van der Waals surface area (Å²) in [5.74, 6) is -0.628. The van der Waals surface area contributed by atoms with Crippen molar-refractivity contribution in [3.05, 3.63) is 11.4 Å². The molecule has 5 nitrogen and oxygen atoms in total. The second kappa shape index (κ2) is 6.37. The summed E-state index contributed by atoms with van der Waals surface area (Å²) in [7, 11) is -3.28. The van der Waals surface area contributed by atoms with Crippen LogP contribution in [0.5, 0.6) is 0 Å². The van der Waals surface area contributed by atoms with Crippen LogP contribution in [-0.2, 0) is 23.1 Å². The minimum absolute atomic E-state index is 0.346. The fourth-order valence-corrected chi connectivity index (χ4v) is 6.70. The quantitative estimate of drug-likeness (QED) is 0.706. The SMILES string of the molecule is CCOP(=O)(OCC)C1=CCC[C@@]12CCCCC21OCCO1. The summed E-state index contributed by atoms with van der Waals surface area (Å²) in [6.45, 7) is 5.68. The van der Waals surface area contributed by atoms with Crippen LogP contribution in [0.4, 0.5) is 0 Å². The molecule has 0 bridgehead atoms. The second-order valence-electron chi connectivity index (χ2n) is 6.20. The van der Waals surface area contributed by atoms with E-state index >= 15 is 0 Å². The molecule has 1 heterocycles. The maximum Gasteiger partial charge on any atom is 0.357 e. The standard InChI is InChI=1S/C16H27O5P/c1-3-20-22(17,21-4-2)14-8-7-10-15(14)9-5-6-11-16(15)18-12-13-19-16/h8H,3-7,9-13H2,1-2H3/t15-/m0/s1. The third kappa shape index (κ3) is 2.42. The average Bonchev–Trinajstić information content (AvgIpc) is 3.12. The predicted molar refractivity (Wildman–Crippen MR) is 83.7 cm³/mol. The van der Waals surface area contributed by atoms with E-state index in [2.05, 4.69) is 6.08 Å². The Balaban J connectivity index is 2.01. The zero-order valence-corrected chi connectivity index (χ0v) is 14.5. The molecule has 0 radical (unpaired) electrons. The molecule has 22 heavy (non-hydrogen) atoms. The van der Waals surface area contributed by atoms with Gasteiger partial charge in [-0.15, -0.1) is 0 Å². The van der Waals surface area contributed by atoms with Gasteiger partial charge in [0.1, 0.15) is 0 Å². The van der Waals surface area contributed by atoms with Crippen LogP contribution in [0.2, 0.25) is 0 Å². The zero-order valence-electron chi connectivity index (χ0n) is 13.6. The van der Waals surface area contributed by atoms with Gasteiger partial charge in [0.2, 0.25) is 0 Å². The van der Waals surface area contributed by atoms with Gasteiger partial charge < -0.3 is 18.5 Å². The number of hydrogen-bond acceptors (Lipinski definition) is 5. The van der Waals surface area contributed by atoms with E-state index in [4.69, 9.17) is 18.5 Å². The molecule has 1 atom stereocenters. The van der Waals surface area contributed by atoms with Crippen LogP contribution in [0.15, 0.2) is 11.4 Å². The molecular weight excluding hydrogens is 303 g/mol. The lowest BCUT2D eigenvalue weighted by Crippen LogP contribution is -2.51. The van der Waals surface area contributed by atoms with Crippen LogP contribution < -0.4 is 0 Å². The summed E-state index contributed by atoms with van der Waals surface area (Å²) >= 11 is 0. The van der Waals surface area contributed by atoms with Gasteiger partial charge in [-0.3, -0.25) is 4.57 Å². The molecule has 2 spiro atoms. The number of fused-ring (bicyclic) bond motifs is 1. The van der Waals surface area contributed by atoms with Crippen molar-refractivity contribution in [1.82, 2.24) is 0 Å². The summed E-state index contributed by atoms with van der Waals surface area (Å²) in [4.78, 5) is 0. The van der Waals surface area contributed by atoms with Crippen molar-refractivity contribution in [2.24, 2.45) is 5.41 Å². The van der Waals surface area contributed by atoms with Gasteiger partial charge in [-0.05, 0) is 39.5 Å². The van der Waals surface area contributed by atoms with Gasteiger partial charge in [-0.2, -0.15) is 0 Å². The lowest BCUT2D eigenvalue weighted by molar-refractivity contribution is -0.242. The van der Waals surface area contributed by atoms with Crippen molar-refractivity contribution < 1.29 is 23.1 Å². The van der Waals surface area contributed by atoms with Gasteiger partial charge in [-0.25, -0.2) is 0 Å². The topological polar surface area (TPSA) is 54.0 Å². The van der Waals surface area contributed by atoms with E-state index in [1.807, 2.05) is 13.8 Å². The van der Waals surface area contributed by atoms with E-state index in [1.165, 1.54) is 0 Å². The molecule has 0 aromatic carbocycles. The largest absolute Gasteiger partial charge is 0.357 e. The van der Waals surface area contributed by atoms with Crippen LogP contribution in [0.1, 0.15) is 52.4 Å². The number of allylic oxidation sites excluding steroid dienone is 1. The van der Waals surface area contributed by atoms with Crippen molar-refractivity contribution >= 4 is 7.60 Å². The van der Waals surface area contributed by atoms with Gasteiger partial charge in [0.05, 0.1) is 31.8 Å². The third-order valence-electron chi connectivity index (χ3n) is 5.13. The van der Waals surface area contributed by atoms with Gasteiger partial charge >= 0.3 is 7.60 Å². The maximum absolute atomic E-state index is 13.4. The van der Waals surface area contributed by atoms with E-state index < -0.39 is 13.4 Å². The molecule has 6 heteroatoms. The van der Waals surface area contributed by atoms with Gasteiger partial charge in [0, 0.05) is 11.7 Å². The average molecular weight is 330 g/mol. The van der Waals surface area contributed by atoms with E-state index in [0.29, 0.717) is 26.4 Å². The van der Waals surface area contributed by atoms with Crippen molar-refractivity contribution in [2.75, 3.05) is 26.4 Å². The Morgan fingerprint density at radius 2 is 1.73 bits per heavy atom. The summed E-state index contributed by atoms with van der Waals surface area (Å²) in [6, 6.07) is 0. The van der Waals surface area contributed by atoms with E-state index in [9.17, 15) is 4.57 Å². The lowest BCUT2D eigenvalue weighted by atomic mass is 9.68. The first-order valence-corrected chi connectivity index (χ1v) is 10.0. The summed E-state index contributed by atoms with van der Waals surface area (Å²) in [5.41, 5.74) is -0.346. The Morgan fingerprint density at radius 1 is 1.09 bits per heavy atom. The monoisotopic (exact) mass is 330 g/mol. The van der Waals surface area contributed by atoms with Crippen LogP contribution >= 0.6 is 7.60 Å². The first-order chi connectivity index (χ1) is 10.6. The molecular formula is C16H27O5P. The Kier molecular flexibility index (Phi) is 4.82. The molecule has 3 aliphatic rings. The Morgan fingerprint density at radius 3 is 2.36 bits per heavy atom. The molecule has 0 N–H and O–H groups in total. The minimum atomic E-state index is -3.28. The molecule has 1 aliphatic heterocycles. The summed E-state index contributed by atoms with van der Waals surface area (Å²) in [6.07, 6.45) is 7.84. The molecule has 1 saturated carbocycles. The highest BCUT2D eigenvalue weighted by Crippen LogP contribution is 2.71. The maximum atomic E-state index is 13.4. The molecule has 126 valence electrons. The predicted octanol–water partition coefficient (Wildman–Crippen LogP) is 4.23. The molecule has 2 aliphatic carbocycles. The van der Waals surface area contributed by atoms with Crippen molar-refractivity contribution in [3.63, 3.8) is 0 Å². The zero-order chi connectivity index (χ0) is 15.7. The summed E-state index contributed by atoms with van der Waals surface area (Å²) in [5, 5.41) is 0.810. The highest BCUT2D eigenvalue weighted by molar-refractivity contribution is 7.58. The van der Waals surface area contributed by atoms with Crippen LogP contribution in [0.3, 0.4) is 0 Å². The molecule has 2 fully saturated rings. The Bertz CT molecular complexity index is 473. The molecule has 0 aromatic heterocycles. The van der Waals surface area contributed by atoms with Crippen LogP contribution in [0.25, 0.3) is 0 Å². The van der Waals surface area contributed by atoms with Crippen LogP contribution in [-0.4, -0.2) is 32.2 Å². The molecule has 3 rings (SSSR count). The number of rotatable bonds is 5. The number of ether oxygens (including phenoxy) is 2. The Hall–Kier alpha value is -0.190. The van der Waals surface area contributed by atoms with E-state index in [-0.39, 0.29) is 5.41 Å². The Labute approximate surface area is 132 Å². The fourth-order valence-electron chi connectivity index (χ4n) is 4.40. The van der Waals surface area contributed by atoms with Crippen molar-refractivity contribution in [3.8, 4) is 0 Å². The lowest BCUT2D eigenvalue weighted by Gasteiger charge is -2.50. The molecule has 0 aromatic rings. The highest BCUT2D eigenvalue weighted by Gasteiger charge is 2.63. The normalized spacial score (nSPS) is 31.1. The summed E-state index contributed by atoms with van der Waals surface area (Å²) < 4.78 is 36.9. The molecule has 0 unspecified atom stereocenters. The third-order valence-corrected chi connectivity index (χ3v) is 7.53. The van der Waals surface area contributed by atoms with Crippen molar-refractivity contribution in [2.45, 2.75) is 58.2 Å². The molecule has 0 amide bonds. The number of hydrogen-bond donors (Lipinski definition) is 0. The van der Waals surface area contributed by atoms with Crippen LogP contribution in [0, 0.1) is 5.41 Å². The molecule has 1 saturated heterocycles. The minimum Gasteiger partial charge on any atom is -0.347 e. The smallest absolute Gasteiger partial charge is 0.347 e.